The Labute approximate surface area is 70.2 Å². The first-order chi connectivity index (χ1) is 5.77. The molecule has 0 bridgehead atoms. The lowest BCUT2D eigenvalue weighted by molar-refractivity contribution is 0.386. The molecule has 0 fully saturated rings. The second-order valence-electron chi connectivity index (χ2n) is 2.30. The molecule has 1 rings (SSSR count). The van der Waals surface area contributed by atoms with Gasteiger partial charge in [0.1, 0.15) is 0 Å². The molecule has 1 aromatic carbocycles. The van der Waals surface area contributed by atoms with Crippen molar-refractivity contribution in [3.8, 4) is 11.8 Å². The number of nitriles is 1. The van der Waals surface area contributed by atoms with Crippen LogP contribution < -0.4 is 4.74 Å². The third-order valence-electron chi connectivity index (χ3n) is 1.50. The average Bonchev–Trinajstić information content (AvgIpc) is 2.05. The van der Waals surface area contributed by atoms with Gasteiger partial charge in [0, 0.05) is 0 Å². The molecule has 2 nitrogen and oxygen atoms in total. The smallest absolute Gasteiger partial charge is 0.165 e. The van der Waals surface area contributed by atoms with Crippen LogP contribution in [0.1, 0.15) is 5.56 Å². The topological polar surface area (TPSA) is 33.0 Å². The van der Waals surface area contributed by atoms with Crippen molar-refractivity contribution in [2.45, 2.75) is 6.42 Å². The van der Waals surface area contributed by atoms with E-state index < -0.39 is 5.82 Å². The maximum Gasteiger partial charge on any atom is 0.165 e. The van der Waals surface area contributed by atoms with E-state index in [0.717, 1.165) is 0 Å². The number of rotatable bonds is 2. The highest BCUT2D eigenvalue weighted by Gasteiger charge is 2.01. The summed E-state index contributed by atoms with van der Waals surface area (Å²) in [5, 5.41) is 8.33. The summed E-state index contributed by atoms with van der Waals surface area (Å²) >= 11 is 0. The predicted octanol–water partition coefficient (Wildman–Crippen LogP) is 1.90. The van der Waals surface area contributed by atoms with Crippen LogP contribution in [0.5, 0.6) is 5.75 Å². The molecule has 0 saturated heterocycles. The Bertz CT molecular complexity index is 317. The Kier molecular flexibility index (Phi) is 2.65. The molecule has 3 heteroatoms. The number of nitrogens with zero attached hydrogens (tertiary/aromatic N) is 1. The van der Waals surface area contributed by atoms with Gasteiger partial charge in [-0.1, -0.05) is 6.07 Å². The second kappa shape index (κ2) is 3.72. The molecule has 0 aliphatic carbocycles. The first-order valence-corrected chi connectivity index (χ1v) is 3.47. The first-order valence-electron chi connectivity index (χ1n) is 3.47. The lowest BCUT2D eigenvalue weighted by Crippen LogP contribution is -1.89. The van der Waals surface area contributed by atoms with Crippen molar-refractivity contribution in [2.75, 3.05) is 7.11 Å². The van der Waals surface area contributed by atoms with Gasteiger partial charge in [0.2, 0.25) is 0 Å². The van der Waals surface area contributed by atoms with Crippen molar-refractivity contribution in [3.05, 3.63) is 29.6 Å². The highest BCUT2D eigenvalue weighted by atomic mass is 19.1. The molecule has 0 aromatic heterocycles. The highest BCUT2D eigenvalue weighted by molar-refractivity contribution is 5.30. The fraction of sp³-hybridized carbons (Fsp3) is 0.222. The van der Waals surface area contributed by atoms with Gasteiger partial charge in [-0.15, -0.1) is 0 Å². The monoisotopic (exact) mass is 165 g/mol. The molecule has 0 heterocycles. The zero-order valence-electron chi connectivity index (χ0n) is 6.67. The summed E-state index contributed by atoms with van der Waals surface area (Å²) in [6, 6.07) is 6.44. The van der Waals surface area contributed by atoms with Crippen molar-refractivity contribution in [3.63, 3.8) is 0 Å². The van der Waals surface area contributed by atoms with E-state index in [9.17, 15) is 4.39 Å². The highest BCUT2D eigenvalue weighted by Crippen LogP contribution is 2.17. The summed E-state index contributed by atoms with van der Waals surface area (Å²) in [4.78, 5) is 0. The van der Waals surface area contributed by atoms with Crippen molar-refractivity contribution in [1.82, 2.24) is 0 Å². The van der Waals surface area contributed by atoms with Gasteiger partial charge >= 0.3 is 0 Å². The number of hydrogen-bond donors (Lipinski definition) is 0. The van der Waals surface area contributed by atoms with Crippen LogP contribution >= 0.6 is 0 Å². The SMILES string of the molecule is COc1ccc(CC#N)cc1F. The molecule has 0 amide bonds. The Morgan fingerprint density at radius 3 is 2.83 bits per heavy atom. The molecule has 0 atom stereocenters. The van der Waals surface area contributed by atoms with Gasteiger partial charge in [0.15, 0.2) is 11.6 Å². The normalized spacial score (nSPS) is 9.08. The Morgan fingerprint density at radius 2 is 2.33 bits per heavy atom. The maximum absolute atomic E-state index is 12.9. The second-order valence-corrected chi connectivity index (χ2v) is 2.30. The third kappa shape index (κ3) is 1.73. The molecule has 0 aliphatic heterocycles. The van der Waals surface area contributed by atoms with E-state index in [2.05, 4.69) is 0 Å². The van der Waals surface area contributed by atoms with E-state index >= 15 is 0 Å². The largest absolute Gasteiger partial charge is 0.494 e. The van der Waals surface area contributed by atoms with Crippen LogP contribution in [0.3, 0.4) is 0 Å². The number of benzene rings is 1. The van der Waals surface area contributed by atoms with E-state index in [4.69, 9.17) is 10.00 Å². The number of ether oxygens (including phenoxy) is 1. The van der Waals surface area contributed by atoms with Crippen molar-refractivity contribution < 1.29 is 9.13 Å². The minimum Gasteiger partial charge on any atom is -0.494 e. The summed E-state index contributed by atoms with van der Waals surface area (Å²) < 4.78 is 17.7. The van der Waals surface area contributed by atoms with E-state index in [0.29, 0.717) is 5.56 Å². The van der Waals surface area contributed by atoms with Gasteiger partial charge in [-0.2, -0.15) is 5.26 Å². The van der Waals surface area contributed by atoms with Gasteiger partial charge in [0.25, 0.3) is 0 Å². The molecule has 0 unspecified atom stereocenters. The molecule has 1 aromatic rings. The summed E-state index contributed by atoms with van der Waals surface area (Å²) in [5.74, 6) is -0.220. The van der Waals surface area contributed by atoms with Crippen LogP contribution in [0.25, 0.3) is 0 Å². The summed E-state index contributed by atoms with van der Waals surface area (Å²) in [6.07, 6.45) is 0.223. The van der Waals surface area contributed by atoms with Crippen LogP contribution in [0, 0.1) is 17.1 Å². The van der Waals surface area contributed by atoms with E-state index in [-0.39, 0.29) is 12.2 Å². The van der Waals surface area contributed by atoms with Crippen molar-refractivity contribution in [2.24, 2.45) is 0 Å². The van der Waals surface area contributed by atoms with Crippen LogP contribution in [-0.4, -0.2) is 7.11 Å². The summed E-state index contributed by atoms with van der Waals surface area (Å²) in [7, 11) is 1.41. The molecule has 0 radical (unpaired) electrons. The Morgan fingerprint density at radius 1 is 1.58 bits per heavy atom. The molecule has 0 saturated carbocycles. The third-order valence-corrected chi connectivity index (χ3v) is 1.50. The van der Waals surface area contributed by atoms with Gasteiger partial charge < -0.3 is 4.74 Å². The van der Waals surface area contributed by atoms with E-state index in [1.54, 1.807) is 6.07 Å². The standard InChI is InChI=1S/C9H8FNO/c1-12-9-3-2-7(4-5-11)6-8(9)10/h2-3,6H,4H2,1H3. The van der Waals surface area contributed by atoms with E-state index in [1.165, 1.54) is 19.2 Å². The fourth-order valence-electron chi connectivity index (χ4n) is 0.911. The first kappa shape index (κ1) is 8.54. The number of halogens is 1. The molecule has 0 N–H and O–H groups in total. The summed E-state index contributed by atoms with van der Waals surface area (Å²) in [6.45, 7) is 0. The average molecular weight is 165 g/mol. The molecular formula is C9H8FNO. The number of hydrogen-bond acceptors (Lipinski definition) is 2. The molecule has 0 aliphatic rings. The molecule has 62 valence electrons. The van der Waals surface area contributed by atoms with Crippen molar-refractivity contribution in [1.29, 1.82) is 5.26 Å². The predicted molar refractivity (Wildman–Crippen MR) is 42.3 cm³/mol. The molecular weight excluding hydrogens is 157 g/mol. The zero-order chi connectivity index (χ0) is 8.97. The van der Waals surface area contributed by atoms with Gasteiger partial charge in [0.05, 0.1) is 19.6 Å². The van der Waals surface area contributed by atoms with Crippen LogP contribution in [0.2, 0.25) is 0 Å². The van der Waals surface area contributed by atoms with Crippen LogP contribution in [0.4, 0.5) is 4.39 Å². The van der Waals surface area contributed by atoms with Gasteiger partial charge in [-0.3, -0.25) is 0 Å². The van der Waals surface area contributed by atoms with Gasteiger partial charge in [-0.25, -0.2) is 4.39 Å². The Balaban J connectivity index is 2.95. The van der Waals surface area contributed by atoms with Crippen molar-refractivity contribution >= 4 is 0 Å². The van der Waals surface area contributed by atoms with Gasteiger partial charge in [-0.05, 0) is 17.7 Å². The maximum atomic E-state index is 12.9. The zero-order valence-corrected chi connectivity index (χ0v) is 6.67. The summed E-state index contributed by atoms with van der Waals surface area (Å²) in [5.41, 5.74) is 0.663. The lowest BCUT2D eigenvalue weighted by Gasteiger charge is -2.01. The quantitative estimate of drug-likeness (QED) is 0.670. The molecule has 12 heavy (non-hydrogen) atoms. The van der Waals surface area contributed by atoms with Crippen LogP contribution in [-0.2, 0) is 6.42 Å². The Hall–Kier alpha value is -1.56. The lowest BCUT2D eigenvalue weighted by atomic mass is 10.1. The minimum absolute atomic E-state index is 0.205. The fourth-order valence-corrected chi connectivity index (χ4v) is 0.911. The van der Waals surface area contributed by atoms with E-state index in [1.807, 2.05) is 6.07 Å². The minimum atomic E-state index is -0.426. The molecule has 0 spiro atoms. The van der Waals surface area contributed by atoms with Crippen LogP contribution in [0.15, 0.2) is 18.2 Å². The number of methoxy groups -OCH3 is 1.